The summed E-state index contributed by atoms with van der Waals surface area (Å²) in [5, 5.41) is 12.4. The lowest BCUT2D eigenvalue weighted by Gasteiger charge is -2.11. The van der Waals surface area contributed by atoms with Gasteiger partial charge in [-0.2, -0.15) is 0 Å². The highest BCUT2D eigenvalue weighted by molar-refractivity contribution is 5.06. The summed E-state index contributed by atoms with van der Waals surface area (Å²) in [6.07, 6.45) is -0.354. The van der Waals surface area contributed by atoms with E-state index in [1.165, 1.54) is 0 Å². The van der Waals surface area contributed by atoms with E-state index in [1.807, 2.05) is 0 Å². The van der Waals surface area contributed by atoms with Gasteiger partial charge in [-0.25, -0.2) is 0 Å². The topological polar surface area (TPSA) is 54.4 Å². The Bertz CT molecular complexity index is 171. The average molecular weight is 142 g/mol. The molecule has 0 aromatic rings. The van der Waals surface area contributed by atoms with E-state index in [-0.39, 0.29) is 6.23 Å². The van der Waals surface area contributed by atoms with Crippen LogP contribution in [0, 0.1) is 0 Å². The molecule has 3 aliphatic rings. The largest absolute Gasteiger partial charge is 0.366 e. The van der Waals surface area contributed by atoms with Gasteiger partial charge >= 0.3 is 0 Å². The number of ether oxygens (including phenoxy) is 1. The number of fused-ring (bicyclic) bond motifs is 1. The molecule has 3 saturated heterocycles. The number of aliphatic hydroxyl groups is 1. The third-order valence-electron chi connectivity index (χ3n) is 2.41. The molecule has 0 bridgehead atoms. The van der Waals surface area contributed by atoms with E-state index in [2.05, 4.69) is 10.2 Å². The molecule has 0 aliphatic carbocycles. The van der Waals surface area contributed by atoms with Gasteiger partial charge < -0.3 is 15.2 Å². The molecular formula is C6H10N2O2. The summed E-state index contributed by atoms with van der Waals surface area (Å²) in [6.45, 7) is 2.06. The molecule has 1 unspecified atom stereocenters. The lowest BCUT2D eigenvalue weighted by molar-refractivity contribution is -0.111. The van der Waals surface area contributed by atoms with Crippen LogP contribution >= 0.6 is 0 Å². The van der Waals surface area contributed by atoms with Crippen LogP contribution in [0.1, 0.15) is 0 Å². The summed E-state index contributed by atoms with van der Waals surface area (Å²) >= 11 is 0. The fourth-order valence-corrected chi connectivity index (χ4v) is 1.62. The van der Waals surface area contributed by atoms with Crippen molar-refractivity contribution in [1.29, 1.82) is 0 Å². The van der Waals surface area contributed by atoms with Crippen LogP contribution in [0.15, 0.2) is 0 Å². The van der Waals surface area contributed by atoms with Gasteiger partial charge in [-0.15, -0.1) is 0 Å². The Morgan fingerprint density at radius 2 is 2.40 bits per heavy atom. The van der Waals surface area contributed by atoms with Gasteiger partial charge in [-0.05, 0) is 0 Å². The first-order valence-corrected chi connectivity index (χ1v) is 3.69. The second kappa shape index (κ2) is 1.53. The van der Waals surface area contributed by atoms with E-state index in [4.69, 9.17) is 4.74 Å². The predicted molar refractivity (Wildman–Crippen MR) is 33.2 cm³/mol. The first-order valence-electron chi connectivity index (χ1n) is 3.69. The minimum Gasteiger partial charge on any atom is -0.366 e. The molecule has 10 heavy (non-hydrogen) atoms. The first-order chi connectivity index (χ1) is 4.86. The number of hydrogen-bond acceptors (Lipinski definition) is 4. The van der Waals surface area contributed by atoms with Crippen LogP contribution in [-0.4, -0.2) is 47.7 Å². The quantitative estimate of drug-likeness (QED) is 0.429. The molecule has 0 spiro atoms. The van der Waals surface area contributed by atoms with Crippen LogP contribution in [0.2, 0.25) is 0 Å². The summed E-state index contributed by atoms with van der Waals surface area (Å²) in [5.74, 6) is 0. The fourth-order valence-electron chi connectivity index (χ4n) is 1.62. The normalized spacial score (nSPS) is 63.9. The Kier molecular flexibility index (Phi) is 0.840. The Morgan fingerprint density at radius 1 is 1.60 bits per heavy atom. The van der Waals surface area contributed by atoms with Crippen LogP contribution in [0.3, 0.4) is 0 Å². The maximum absolute atomic E-state index is 9.19. The van der Waals surface area contributed by atoms with Crippen LogP contribution < -0.4 is 5.32 Å². The van der Waals surface area contributed by atoms with Crippen molar-refractivity contribution in [3.05, 3.63) is 0 Å². The molecule has 3 aliphatic heterocycles. The van der Waals surface area contributed by atoms with Gasteiger partial charge in [-0.3, -0.25) is 4.90 Å². The van der Waals surface area contributed by atoms with E-state index in [0.717, 1.165) is 13.1 Å². The SMILES string of the molecule is O[C@@H]1O[C@H]([C@@H]2CN2)N2C[C@H]12. The second-order valence-corrected chi connectivity index (χ2v) is 3.20. The molecule has 0 aromatic carbocycles. The molecule has 0 saturated carbocycles. The van der Waals surface area contributed by atoms with Crippen LogP contribution in [0.4, 0.5) is 0 Å². The maximum Gasteiger partial charge on any atom is 0.173 e. The van der Waals surface area contributed by atoms with Crippen LogP contribution in [0.5, 0.6) is 0 Å². The number of aliphatic hydroxyl groups excluding tert-OH is 1. The number of nitrogens with one attached hydrogen (secondary N) is 1. The van der Waals surface area contributed by atoms with Crippen molar-refractivity contribution in [1.82, 2.24) is 10.2 Å². The Labute approximate surface area is 58.8 Å². The summed E-state index contributed by atoms with van der Waals surface area (Å²) in [4.78, 5) is 2.19. The Morgan fingerprint density at radius 3 is 2.80 bits per heavy atom. The standard InChI is InChI=1S/C6H10N2O2/c9-6-4-2-8(4)5(10-6)3-1-7-3/h3-7,9H,1-2H2/t3-,4+,5+,6+,8?/m0/s1. The lowest BCUT2D eigenvalue weighted by atomic mass is 10.4. The average Bonchev–Trinajstić information content (AvgIpc) is 2.81. The van der Waals surface area contributed by atoms with Crippen molar-refractivity contribution in [2.24, 2.45) is 0 Å². The van der Waals surface area contributed by atoms with Gasteiger partial charge in [0, 0.05) is 13.1 Å². The third kappa shape index (κ3) is 0.594. The monoisotopic (exact) mass is 142 g/mol. The van der Waals surface area contributed by atoms with Gasteiger partial charge in [-0.1, -0.05) is 0 Å². The zero-order valence-electron chi connectivity index (χ0n) is 5.53. The molecule has 4 heteroatoms. The van der Waals surface area contributed by atoms with Gasteiger partial charge in [0.05, 0.1) is 12.1 Å². The van der Waals surface area contributed by atoms with Crippen molar-refractivity contribution in [2.45, 2.75) is 24.6 Å². The van der Waals surface area contributed by atoms with Gasteiger partial charge in [0.2, 0.25) is 0 Å². The van der Waals surface area contributed by atoms with Crippen molar-refractivity contribution in [3.63, 3.8) is 0 Å². The lowest BCUT2D eigenvalue weighted by Crippen LogP contribution is -2.27. The Balaban J connectivity index is 1.76. The minimum absolute atomic E-state index is 0.167. The molecule has 5 atom stereocenters. The molecule has 0 amide bonds. The predicted octanol–water partition coefficient (Wildman–Crippen LogP) is -1.68. The second-order valence-electron chi connectivity index (χ2n) is 3.20. The molecule has 56 valence electrons. The number of rotatable bonds is 1. The van der Waals surface area contributed by atoms with E-state index in [9.17, 15) is 5.11 Å². The van der Waals surface area contributed by atoms with E-state index >= 15 is 0 Å². The van der Waals surface area contributed by atoms with Crippen molar-refractivity contribution >= 4 is 0 Å². The third-order valence-corrected chi connectivity index (χ3v) is 2.41. The maximum atomic E-state index is 9.19. The van der Waals surface area contributed by atoms with Gasteiger partial charge in [0.15, 0.2) is 6.29 Å². The molecule has 0 aromatic heterocycles. The zero-order valence-corrected chi connectivity index (χ0v) is 5.53. The van der Waals surface area contributed by atoms with Gasteiger partial charge in [0.1, 0.15) is 6.23 Å². The molecule has 2 N–H and O–H groups in total. The summed E-state index contributed by atoms with van der Waals surface area (Å²) in [5.41, 5.74) is 0. The molecule has 0 radical (unpaired) electrons. The zero-order chi connectivity index (χ0) is 6.72. The Hall–Kier alpha value is -0.160. The summed E-state index contributed by atoms with van der Waals surface area (Å²) in [7, 11) is 0. The van der Waals surface area contributed by atoms with E-state index in [0.29, 0.717) is 12.1 Å². The number of hydrogen-bond donors (Lipinski definition) is 2. The molecule has 3 rings (SSSR count). The van der Waals surface area contributed by atoms with Crippen molar-refractivity contribution in [3.8, 4) is 0 Å². The van der Waals surface area contributed by atoms with E-state index < -0.39 is 6.29 Å². The highest BCUT2D eigenvalue weighted by atomic mass is 16.6. The van der Waals surface area contributed by atoms with E-state index in [1.54, 1.807) is 0 Å². The highest BCUT2D eigenvalue weighted by Crippen LogP contribution is 2.36. The summed E-state index contributed by atoms with van der Waals surface area (Å²) in [6, 6.07) is 0.801. The molecule has 3 fully saturated rings. The van der Waals surface area contributed by atoms with Crippen LogP contribution in [0.25, 0.3) is 0 Å². The van der Waals surface area contributed by atoms with Crippen molar-refractivity contribution < 1.29 is 9.84 Å². The minimum atomic E-state index is -0.521. The van der Waals surface area contributed by atoms with Crippen LogP contribution in [-0.2, 0) is 4.74 Å². The smallest absolute Gasteiger partial charge is 0.173 e. The van der Waals surface area contributed by atoms with Gasteiger partial charge in [0.25, 0.3) is 0 Å². The van der Waals surface area contributed by atoms with Crippen molar-refractivity contribution in [2.75, 3.05) is 13.1 Å². The summed E-state index contributed by atoms with van der Waals surface area (Å²) < 4.78 is 5.27. The molecule has 3 heterocycles. The molecule has 4 nitrogen and oxygen atoms in total. The fraction of sp³-hybridized carbons (Fsp3) is 1.00. The number of nitrogens with zero attached hydrogens (tertiary/aromatic N) is 1. The first kappa shape index (κ1) is 5.49. The molecular weight excluding hydrogens is 132 g/mol. The highest BCUT2D eigenvalue weighted by Gasteiger charge is 2.57.